The third-order valence-corrected chi connectivity index (χ3v) is 8.04. The van der Waals surface area contributed by atoms with Gasteiger partial charge in [0.15, 0.2) is 0 Å². The molecule has 0 atom stereocenters. The standard InChI is InChI=1S/C27H33NO/c1-2-16-27(23-14-8-6-12-21(23)22-13-7-9-15-24(22)27)25(29)28-19-26(17-18-26)20-10-4-3-5-11-20/h6-9,12-15,20H,2-5,10-11,16-19H2,1H3,(H,28,29). The Morgan fingerprint density at radius 2 is 1.52 bits per heavy atom. The van der Waals surface area contributed by atoms with Gasteiger partial charge in [0, 0.05) is 6.54 Å². The van der Waals surface area contributed by atoms with Crippen LogP contribution in [0.4, 0.5) is 0 Å². The molecule has 29 heavy (non-hydrogen) atoms. The molecule has 2 fully saturated rings. The molecule has 152 valence electrons. The van der Waals surface area contributed by atoms with Crippen molar-refractivity contribution in [2.45, 2.75) is 70.1 Å². The summed E-state index contributed by atoms with van der Waals surface area (Å²) in [6, 6.07) is 17.1. The molecule has 3 aliphatic rings. The van der Waals surface area contributed by atoms with Crippen LogP contribution in [-0.4, -0.2) is 12.5 Å². The van der Waals surface area contributed by atoms with Gasteiger partial charge in [-0.15, -0.1) is 0 Å². The van der Waals surface area contributed by atoms with Gasteiger partial charge >= 0.3 is 0 Å². The van der Waals surface area contributed by atoms with Crippen LogP contribution in [0.5, 0.6) is 0 Å². The fourth-order valence-electron chi connectivity index (χ4n) is 6.34. The first-order valence-corrected chi connectivity index (χ1v) is 11.7. The van der Waals surface area contributed by atoms with Crippen molar-refractivity contribution >= 4 is 5.91 Å². The van der Waals surface area contributed by atoms with E-state index in [1.54, 1.807) is 0 Å². The SMILES string of the molecule is CCCC1(C(=O)NCC2(C3CCCCC3)CC2)c2ccccc2-c2ccccc21. The molecule has 0 aliphatic heterocycles. The number of fused-ring (bicyclic) bond motifs is 3. The van der Waals surface area contributed by atoms with Crippen LogP contribution in [0.1, 0.15) is 75.8 Å². The summed E-state index contributed by atoms with van der Waals surface area (Å²) in [4.78, 5) is 13.9. The summed E-state index contributed by atoms with van der Waals surface area (Å²) in [7, 11) is 0. The van der Waals surface area contributed by atoms with E-state index >= 15 is 0 Å². The minimum Gasteiger partial charge on any atom is -0.354 e. The van der Waals surface area contributed by atoms with Crippen LogP contribution in [0.2, 0.25) is 0 Å². The zero-order valence-electron chi connectivity index (χ0n) is 17.7. The number of benzene rings is 2. The number of hydrogen-bond acceptors (Lipinski definition) is 1. The smallest absolute Gasteiger partial charge is 0.235 e. The Bertz CT molecular complexity index is 859. The zero-order chi connectivity index (χ0) is 19.9. The van der Waals surface area contributed by atoms with Gasteiger partial charge in [0.1, 0.15) is 5.41 Å². The van der Waals surface area contributed by atoms with Crippen molar-refractivity contribution in [2.75, 3.05) is 6.54 Å². The Morgan fingerprint density at radius 3 is 2.07 bits per heavy atom. The van der Waals surface area contributed by atoms with Crippen LogP contribution >= 0.6 is 0 Å². The Morgan fingerprint density at radius 1 is 0.931 bits per heavy atom. The zero-order valence-corrected chi connectivity index (χ0v) is 17.7. The maximum absolute atomic E-state index is 13.9. The molecule has 0 spiro atoms. The van der Waals surface area contributed by atoms with Gasteiger partial charge in [0.05, 0.1) is 0 Å². The molecule has 2 nitrogen and oxygen atoms in total. The highest BCUT2D eigenvalue weighted by Crippen LogP contribution is 2.56. The second-order valence-electron chi connectivity index (χ2n) is 9.63. The number of amides is 1. The molecule has 0 bridgehead atoms. The lowest BCUT2D eigenvalue weighted by Crippen LogP contribution is -2.46. The lowest BCUT2D eigenvalue weighted by atomic mass is 9.73. The van der Waals surface area contributed by atoms with Gasteiger partial charge in [-0.05, 0) is 65.7 Å². The van der Waals surface area contributed by atoms with E-state index < -0.39 is 5.41 Å². The fraction of sp³-hybridized carbons (Fsp3) is 0.519. The van der Waals surface area contributed by atoms with E-state index in [4.69, 9.17) is 0 Å². The maximum atomic E-state index is 13.9. The lowest BCUT2D eigenvalue weighted by molar-refractivity contribution is -0.126. The Balaban J connectivity index is 1.46. The van der Waals surface area contributed by atoms with E-state index in [-0.39, 0.29) is 5.91 Å². The summed E-state index contributed by atoms with van der Waals surface area (Å²) in [5.74, 6) is 1.04. The molecule has 0 aromatic heterocycles. The van der Waals surface area contributed by atoms with E-state index in [1.165, 1.54) is 67.2 Å². The molecular formula is C27H33NO. The van der Waals surface area contributed by atoms with Crippen LogP contribution in [0.25, 0.3) is 11.1 Å². The molecule has 1 amide bonds. The van der Waals surface area contributed by atoms with E-state index in [0.29, 0.717) is 5.41 Å². The minimum absolute atomic E-state index is 0.221. The van der Waals surface area contributed by atoms with Crippen LogP contribution < -0.4 is 5.32 Å². The van der Waals surface area contributed by atoms with E-state index in [9.17, 15) is 4.79 Å². The number of hydrogen-bond donors (Lipinski definition) is 1. The van der Waals surface area contributed by atoms with Gasteiger partial charge in [-0.25, -0.2) is 0 Å². The Hall–Kier alpha value is -2.09. The van der Waals surface area contributed by atoms with Crippen molar-refractivity contribution in [3.63, 3.8) is 0 Å². The lowest BCUT2D eigenvalue weighted by Gasteiger charge is -2.34. The van der Waals surface area contributed by atoms with Gasteiger partial charge in [-0.2, -0.15) is 0 Å². The first kappa shape index (κ1) is 18.9. The highest BCUT2D eigenvalue weighted by Gasteiger charge is 2.52. The highest BCUT2D eigenvalue weighted by atomic mass is 16.2. The molecule has 0 heterocycles. The van der Waals surface area contributed by atoms with Gasteiger partial charge in [-0.1, -0.05) is 81.1 Å². The highest BCUT2D eigenvalue weighted by molar-refractivity contribution is 6.00. The predicted molar refractivity (Wildman–Crippen MR) is 119 cm³/mol. The van der Waals surface area contributed by atoms with Crippen LogP contribution in [0.15, 0.2) is 48.5 Å². The average Bonchev–Trinajstić information content (AvgIpc) is 3.52. The number of carbonyl (C=O) groups is 1. The van der Waals surface area contributed by atoms with E-state index in [1.807, 2.05) is 0 Å². The monoisotopic (exact) mass is 387 g/mol. The molecule has 2 saturated carbocycles. The molecule has 1 N–H and O–H groups in total. The Kier molecular flexibility index (Phi) is 4.76. The number of nitrogens with one attached hydrogen (secondary N) is 1. The van der Waals surface area contributed by atoms with Crippen molar-refractivity contribution < 1.29 is 4.79 Å². The molecule has 0 saturated heterocycles. The normalized spacial score (nSPS) is 21.3. The maximum Gasteiger partial charge on any atom is 0.235 e. The van der Waals surface area contributed by atoms with Gasteiger partial charge in [-0.3, -0.25) is 4.79 Å². The van der Waals surface area contributed by atoms with Crippen LogP contribution in [-0.2, 0) is 10.2 Å². The third-order valence-electron chi connectivity index (χ3n) is 8.04. The first-order valence-electron chi connectivity index (χ1n) is 11.7. The third kappa shape index (κ3) is 2.95. The van der Waals surface area contributed by atoms with Gasteiger partial charge < -0.3 is 5.32 Å². The molecule has 0 radical (unpaired) electrons. The summed E-state index contributed by atoms with van der Waals surface area (Å²) in [6.07, 6.45) is 11.3. The largest absolute Gasteiger partial charge is 0.354 e. The predicted octanol–water partition coefficient (Wildman–Crippen LogP) is 6.23. The summed E-state index contributed by atoms with van der Waals surface area (Å²) in [5, 5.41) is 3.49. The van der Waals surface area contributed by atoms with Crippen molar-refractivity contribution in [1.29, 1.82) is 0 Å². The number of rotatable bonds is 6. The average molecular weight is 388 g/mol. The van der Waals surface area contributed by atoms with E-state index in [0.717, 1.165) is 25.3 Å². The summed E-state index contributed by atoms with van der Waals surface area (Å²) >= 11 is 0. The fourth-order valence-corrected chi connectivity index (χ4v) is 6.34. The molecule has 0 unspecified atom stereocenters. The number of carbonyl (C=O) groups excluding carboxylic acids is 1. The molecule has 2 aromatic carbocycles. The molecule has 3 aliphatic carbocycles. The Labute approximate surface area is 175 Å². The summed E-state index contributed by atoms with van der Waals surface area (Å²) < 4.78 is 0. The molecule has 2 heteroatoms. The second-order valence-corrected chi connectivity index (χ2v) is 9.63. The second kappa shape index (κ2) is 7.31. The van der Waals surface area contributed by atoms with Gasteiger partial charge in [0.2, 0.25) is 5.91 Å². The minimum atomic E-state index is -0.537. The molecule has 2 aromatic rings. The molecule has 5 rings (SSSR count). The van der Waals surface area contributed by atoms with Crippen LogP contribution in [0.3, 0.4) is 0 Å². The topological polar surface area (TPSA) is 29.1 Å². The van der Waals surface area contributed by atoms with Crippen LogP contribution in [0, 0.1) is 11.3 Å². The van der Waals surface area contributed by atoms with E-state index in [2.05, 4.69) is 60.8 Å². The van der Waals surface area contributed by atoms with Crippen molar-refractivity contribution in [3.05, 3.63) is 59.7 Å². The first-order chi connectivity index (χ1) is 14.2. The van der Waals surface area contributed by atoms with Gasteiger partial charge in [0.25, 0.3) is 0 Å². The van der Waals surface area contributed by atoms with Crippen molar-refractivity contribution in [2.24, 2.45) is 11.3 Å². The van der Waals surface area contributed by atoms with Crippen molar-refractivity contribution in [1.82, 2.24) is 5.32 Å². The summed E-state index contributed by atoms with van der Waals surface area (Å²) in [5.41, 5.74) is 4.72. The quantitative estimate of drug-likeness (QED) is 0.625. The summed E-state index contributed by atoms with van der Waals surface area (Å²) in [6.45, 7) is 3.06. The molecular weight excluding hydrogens is 354 g/mol. The van der Waals surface area contributed by atoms with Crippen molar-refractivity contribution in [3.8, 4) is 11.1 Å².